The van der Waals surface area contributed by atoms with E-state index in [4.69, 9.17) is 0 Å². The Bertz CT molecular complexity index is 728. The number of aryl methyl sites for hydroxylation is 2. The lowest BCUT2D eigenvalue weighted by atomic mass is 10.0. The molecule has 108 valence electrons. The Morgan fingerprint density at radius 1 is 0.905 bits per heavy atom. The summed E-state index contributed by atoms with van der Waals surface area (Å²) in [5.74, 6) is 0. The van der Waals surface area contributed by atoms with Gasteiger partial charge in [-0.3, -0.25) is 4.98 Å². The van der Waals surface area contributed by atoms with Gasteiger partial charge in [-0.25, -0.2) is 0 Å². The molecular weight excluding hydrogens is 280 g/mol. The van der Waals surface area contributed by atoms with Crippen LogP contribution in [-0.4, -0.2) is 4.98 Å². The van der Waals surface area contributed by atoms with Gasteiger partial charge in [-0.2, -0.15) is 0 Å². The molecule has 0 bridgehead atoms. The maximum absolute atomic E-state index is 4.39. The summed E-state index contributed by atoms with van der Waals surface area (Å²) >= 11 is 0. The number of halogens is 1. The van der Waals surface area contributed by atoms with E-state index in [0.717, 1.165) is 17.7 Å². The van der Waals surface area contributed by atoms with Crippen LogP contribution in [0.4, 0.5) is 5.69 Å². The van der Waals surface area contributed by atoms with Crippen LogP contribution in [0.5, 0.6) is 0 Å². The summed E-state index contributed by atoms with van der Waals surface area (Å²) in [6, 6.07) is 16.7. The summed E-state index contributed by atoms with van der Waals surface area (Å²) in [5, 5.41) is 4.71. The maximum atomic E-state index is 4.39. The van der Waals surface area contributed by atoms with E-state index in [1.165, 1.54) is 22.1 Å². The number of fused-ring (bicyclic) bond motifs is 1. The molecular formula is C18H19ClN2. The monoisotopic (exact) mass is 298 g/mol. The molecule has 3 aromatic rings. The van der Waals surface area contributed by atoms with E-state index in [1.54, 1.807) is 0 Å². The van der Waals surface area contributed by atoms with Crippen molar-refractivity contribution < 1.29 is 0 Å². The normalized spacial score (nSPS) is 10.2. The summed E-state index contributed by atoms with van der Waals surface area (Å²) in [4.78, 5) is 4.39. The first kappa shape index (κ1) is 15.3. The van der Waals surface area contributed by atoms with Crippen molar-refractivity contribution in [3.8, 4) is 0 Å². The first-order chi connectivity index (χ1) is 9.75. The molecule has 0 radical (unpaired) electrons. The van der Waals surface area contributed by atoms with E-state index in [1.807, 2.05) is 30.5 Å². The highest BCUT2D eigenvalue weighted by molar-refractivity contribution is 5.90. The van der Waals surface area contributed by atoms with Gasteiger partial charge in [0.15, 0.2) is 0 Å². The Balaban J connectivity index is 0.00000161. The van der Waals surface area contributed by atoms with Crippen LogP contribution in [-0.2, 0) is 6.54 Å². The largest absolute Gasteiger partial charge is 0.380 e. The van der Waals surface area contributed by atoms with Gasteiger partial charge in [0, 0.05) is 23.8 Å². The molecule has 2 aromatic carbocycles. The molecule has 0 aliphatic rings. The molecule has 0 fully saturated rings. The number of pyridine rings is 1. The molecule has 0 spiro atoms. The number of rotatable bonds is 3. The highest BCUT2D eigenvalue weighted by Crippen LogP contribution is 2.22. The number of nitrogens with zero attached hydrogens (tertiary/aromatic N) is 1. The molecule has 0 unspecified atom stereocenters. The van der Waals surface area contributed by atoms with E-state index in [9.17, 15) is 0 Å². The third-order valence-electron chi connectivity index (χ3n) is 3.75. The van der Waals surface area contributed by atoms with Crippen molar-refractivity contribution in [2.45, 2.75) is 20.4 Å². The Morgan fingerprint density at radius 3 is 2.38 bits per heavy atom. The highest BCUT2D eigenvalue weighted by atomic mass is 35.5. The SMILES string of the molecule is Cc1cccc(C)c1CNc1ccnc2ccccc12.Cl. The summed E-state index contributed by atoms with van der Waals surface area (Å²) in [6.07, 6.45) is 1.86. The zero-order chi connectivity index (χ0) is 13.9. The molecule has 1 aromatic heterocycles. The molecule has 3 heteroatoms. The lowest BCUT2D eigenvalue weighted by molar-refractivity contribution is 1.09. The Labute approximate surface area is 131 Å². The van der Waals surface area contributed by atoms with Crippen molar-refractivity contribution in [3.63, 3.8) is 0 Å². The first-order valence-corrected chi connectivity index (χ1v) is 6.88. The molecule has 1 heterocycles. The van der Waals surface area contributed by atoms with Crippen LogP contribution >= 0.6 is 12.4 Å². The molecule has 2 nitrogen and oxygen atoms in total. The van der Waals surface area contributed by atoms with Crippen molar-refractivity contribution in [1.82, 2.24) is 4.98 Å². The van der Waals surface area contributed by atoms with Gasteiger partial charge >= 0.3 is 0 Å². The second-order valence-electron chi connectivity index (χ2n) is 5.10. The second kappa shape index (κ2) is 6.59. The summed E-state index contributed by atoms with van der Waals surface area (Å²) < 4.78 is 0. The van der Waals surface area contributed by atoms with Gasteiger partial charge in [0.1, 0.15) is 0 Å². The van der Waals surface area contributed by atoms with Crippen LogP contribution in [0.1, 0.15) is 16.7 Å². The fourth-order valence-electron chi connectivity index (χ4n) is 2.56. The fraction of sp³-hybridized carbons (Fsp3) is 0.167. The molecule has 0 saturated heterocycles. The van der Waals surface area contributed by atoms with E-state index in [0.29, 0.717) is 0 Å². The predicted molar refractivity (Wildman–Crippen MR) is 92.2 cm³/mol. The summed E-state index contributed by atoms with van der Waals surface area (Å²) in [7, 11) is 0. The van der Waals surface area contributed by atoms with Crippen LogP contribution in [0, 0.1) is 13.8 Å². The first-order valence-electron chi connectivity index (χ1n) is 6.88. The van der Waals surface area contributed by atoms with Crippen LogP contribution in [0.2, 0.25) is 0 Å². The zero-order valence-corrected chi connectivity index (χ0v) is 13.1. The maximum Gasteiger partial charge on any atom is 0.0722 e. The molecule has 0 saturated carbocycles. The molecule has 21 heavy (non-hydrogen) atoms. The third kappa shape index (κ3) is 3.17. The van der Waals surface area contributed by atoms with Gasteiger partial charge < -0.3 is 5.32 Å². The van der Waals surface area contributed by atoms with Crippen molar-refractivity contribution in [2.24, 2.45) is 0 Å². The molecule has 0 atom stereocenters. The highest BCUT2D eigenvalue weighted by Gasteiger charge is 2.04. The van der Waals surface area contributed by atoms with Crippen molar-refractivity contribution >= 4 is 29.0 Å². The van der Waals surface area contributed by atoms with Crippen molar-refractivity contribution in [3.05, 3.63) is 71.4 Å². The quantitative estimate of drug-likeness (QED) is 0.745. The number of hydrogen-bond acceptors (Lipinski definition) is 2. The average Bonchev–Trinajstić information content (AvgIpc) is 2.47. The van der Waals surface area contributed by atoms with Crippen LogP contribution in [0.15, 0.2) is 54.7 Å². The van der Waals surface area contributed by atoms with Crippen LogP contribution < -0.4 is 5.32 Å². The van der Waals surface area contributed by atoms with Crippen LogP contribution in [0.3, 0.4) is 0 Å². The van der Waals surface area contributed by atoms with E-state index in [-0.39, 0.29) is 12.4 Å². The lowest BCUT2D eigenvalue weighted by Gasteiger charge is -2.13. The molecule has 0 aliphatic heterocycles. The Hall–Kier alpha value is -2.06. The van der Waals surface area contributed by atoms with Gasteiger partial charge in [-0.15, -0.1) is 12.4 Å². The lowest BCUT2D eigenvalue weighted by Crippen LogP contribution is -2.04. The minimum absolute atomic E-state index is 0. The third-order valence-corrected chi connectivity index (χ3v) is 3.75. The van der Waals surface area contributed by atoms with E-state index in [2.05, 4.69) is 48.4 Å². The van der Waals surface area contributed by atoms with Crippen molar-refractivity contribution in [1.29, 1.82) is 0 Å². The smallest absolute Gasteiger partial charge is 0.0722 e. The standard InChI is InChI=1S/C18H18N2.ClH/c1-13-6-5-7-14(2)16(13)12-20-18-10-11-19-17-9-4-3-8-15(17)18;/h3-11H,12H2,1-2H3,(H,19,20);1H. The summed E-state index contributed by atoms with van der Waals surface area (Å²) in [5.41, 5.74) is 6.19. The molecule has 3 rings (SSSR count). The van der Waals surface area contributed by atoms with Gasteiger partial charge in [0.05, 0.1) is 5.52 Å². The van der Waals surface area contributed by atoms with Crippen molar-refractivity contribution in [2.75, 3.05) is 5.32 Å². The predicted octanol–water partition coefficient (Wildman–Crippen LogP) is 4.89. The minimum atomic E-state index is 0. The van der Waals surface area contributed by atoms with E-state index < -0.39 is 0 Å². The number of para-hydroxylation sites is 1. The number of anilines is 1. The Morgan fingerprint density at radius 2 is 1.62 bits per heavy atom. The second-order valence-corrected chi connectivity index (χ2v) is 5.10. The van der Waals surface area contributed by atoms with Gasteiger partial charge in [0.2, 0.25) is 0 Å². The Kier molecular flexibility index (Phi) is 4.81. The number of benzene rings is 2. The number of aromatic nitrogens is 1. The van der Waals surface area contributed by atoms with Gasteiger partial charge in [-0.1, -0.05) is 36.4 Å². The van der Waals surface area contributed by atoms with Gasteiger partial charge in [0.25, 0.3) is 0 Å². The average molecular weight is 299 g/mol. The van der Waals surface area contributed by atoms with Crippen LogP contribution in [0.25, 0.3) is 10.9 Å². The topological polar surface area (TPSA) is 24.9 Å². The zero-order valence-electron chi connectivity index (χ0n) is 12.3. The summed E-state index contributed by atoms with van der Waals surface area (Å²) in [6.45, 7) is 5.16. The van der Waals surface area contributed by atoms with Gasteiger partial charge in [-0.05, 0) is 42.7 Å². The number of nitrogens with one attached hydrogen (secondary N) is 1. The fourth-order valence-corrected chi connectivity index (χ4v) is 2.56. The van der Waals surface area contributed by atoms with E-state index >= 15 is 0 Å². The molecule has 1 N–H and O–H groups in total. The minimum Gasteiger partial charge on any atom is -0.380 e. The number of hydrogen-bond donors (Lipinski definition) is 1. The molecule has 0 aliphatic carbocycles. The molecule has 0 amide bonds.